The van der Waals surface area contributed by atoms with Crippen LogP contribution in [0.15, 0.2) is 0 Å². The zero-order valence-electron chi connectivity index (χ0n) is 11.2. The van der Waals surface area contributed by atoms with Crippen LogP contribution in [0.2, 0.25) is 0 Å². The van der Waals surface area contributed by atoms with Crippen molar-refractivity contribution in [2.24, 2.45) is 11.3 Å². The first-order valence-electron chi connectivity index (χ1n) is 6.40. The number of rotatable bonds is 4. The minimum absolute atomic E-state index is 0.0415. The largest absolute Gasteiger partial charge is 0.477 e. The van der Waals surface area contributed by atoms with Gasteiger partial charge in [-0.1, -0.05) is 27.2 Å². The van der Waals surface area contributed by atoms with E-state index in [0.29, 0.717) is 12.8 Å². The van der Waals surface area contributed by atoms with Gasteiger partial charge in [0, 0.05) is 0 Å². The Morgan fingerprint density at radius 1 is 1.33 bits per heavy atom. The maximum Gasteiger partial charge on any atom is 0.377 e. The number of carbonyl (C=O) groups is 1. The fourth-order valence-electron chi connectivity index (χ4n) is 2.68. The van der Waals surface area contributed by atoms with Crippen molar-refractivity contribution in [3.63, 3.8) is 0 Å². The molecule has 0 heterocycles. The number of aliphatic carboxylic acids is 1. The number of hydrogen-bond acceptors (Lipinski definition) is 2. The molecule has 0 amide bonds. The predicted octanol–water partition coefficient (Wildman–Crippen LogP) is 3.06. The van der Waals surface area contributed by atoms with Gasteiger partial charge in [-0.05, 0) is 37.0 Å². The molecule has 0 aromatic heterocycles. The second kappa shape index (κ2) is 4.76. The SMILES string of the molecule is CCC(C)(C)C1CCC(O)(C(F)(F)C(=O)O)CC1. The molecule has 1 aliphatic rings. The summed E-state index contributed by atoms with van der Waals surface area (Å²) >= 11 is 0. The van der Waals surface area contributed by atoms with E-state index in [9.17, 15) is 18.7 Å². The fourth-order valence-corrected chi connectivity index (χ4v) is 2.68. The minimum Gasteiger partial charge on any atom is -0.477 e. The minimum atomic E-state index is -4.06. The van der Waals surface area contributed by atoms with Gasteiger partial charge in [0.25, 0.3) is 0 Å². The summed E-state index contributed by atoms with van der Waals surface area (Å²) < 4.78 is 26.9. The van der Waals surface area contributed by atoms with E-state index < -0.39 is 17.5 Å². The molecule has 2 N–H and O–H groups in total. The molecule has 5 heteroatoms. The van der Waals surface area contributed by atoms with E-state index in [2.05, 4.69) is 13.8 Å². The van der Waals surface area contributed by atoms with E-state index in [1.54, 1.807) is 0 Å². The summed E-state index contributed by atoms with van der Waals surface area (Å²) in [5, 5.41) is 18.4. The van der Waals surface area contributed by atoms with Crippen molar-refractivity contribution in [2.45, 2.75) is 64.4 Å². The monoisotopic (exact) mass is 264 g/mol. The number of alkyl halides is 2. The lowest BCUT2D eigenvalue weighted by Gasteiger charge is -2.44. The summed E-state index contributed by atoms with van der Waals surface area (Å²) in [6.07, 6.45) is 1.52. The molecule has 0 spiro atoms. The van der Waals surface area contributed by atoms with Gasteiger partial charge in [-0.15, -0.1) is 0 Å². The average Bonchev–Trinajstić information content (AvgIpc) is 2.29. The summed E-state index contributed by atoms with van der Waals surface area (Å²) in [6.45, 7) is 6.21. The maximum atomic E-state index is 13.5. The first-order valence-corrected chi connectivity index (χ1v) is 6.40. The molecule has 0 unspecified atom stereocenters. The Kier molecular flexibility index (Phi) is 4.06. The van der Waals surface area contributed by atoms with Crippen molar-refractivity contribution in [3.8, 4) is 0 Å². The topological polar surface area (TPSA) is 57.5 Å². The number of carboxylic acid groups (broad SMARTS) is 1. The zero-order chi connectivity index (χ0) is 14.2. The Hall–Kier alpha value is -0.710. The fraction of sp³-hybridized carbons (Fsp3) is 0.923. The Labute approximate surface area is 106 Å². The normalized spacial score (nSPS) is 30.2. The molecule has 18 heavy (non-hydrogen) atoms. The van der Waals surface area contributed by atoms with Crippen LogP contribution in [0.25, 0.3) is 0 Å². The Morgan fingerprint density at radius 3 is 2.11 bits per heavy atom. The van der Waals surface area contributed by atoms with Crippen LogP contribution >= 0.6 is 0 Å². The number of aliphatic hydroxyl groups is 1. The van der Waals surface area contributed by atoms with Crippen LogP contribution in [-0.4, -0.2) is 27.7 Å². The van der Waals surface area contributed by atoms with Gasteiger partial charge in [-0.25, -0.2) is 4.79 Å². The molecule has 3 nitrogen and oxygen atoms in total. The van der Waals surface area contributed by atoms with Crippen molar-refractivity contribution in [1.29, 1.82) is 0 Å². The highest BCUT2D eigenvalue weighted by molar-refractivity contribution is 5.77. The standard InChI is InChI=1S/C13H22F2O3/c1-4-11(2,3)9-5-7-12(18,8-6-9)13(14,15)10(16)17/h9,18H,4-8H2,1-3H3,(H,16,17). The van der Waals surface area contributed by atoms with E-state index in [4.69, 9.17) is 5.11 Å². The van der Waals surface area contributed by atoms with Crippen molar-refractivity contribution in [2.75, 3.05) is 0 Å². The third kappa shape index (κ3) is 2.51. The highest BCUT2D eigenvalue weighted by Crippen LogP contribution is 2.48. The van der Waals surface area contributed by atoms with Gasteiger partial charge in [0.2, 0.25) is 0 Å². The van der Waals surface area contributed by atoms with Crippen molar-refractivity contribution in [1.82, 2.24) is 0 Å². The van der Waals surface area contributed by atoms with Crippen molar-refractivity contribution in [3.05, 3.63) is 0 Å². The molecule has 0 atom stereocenters. The second-order valence-electron chi connectivity index (χ2n) is 6.03. The molecule has 1 aliphatic carbocycles. The molecular formula is C13H22F2O3. The lowest BCUT2D eigenvalue weighted by molar-refractivity contribution is -0.219. The summed E-state index contributed by atoms with van der Waals surface area (Å²) in [7, 11) is 0. The molecule has 0 aromatic rings. The summed E-state index contributed by atoms with van der Waals surface area (Å²) in [5.74, 6) is -6.04. The van der Waals surface area contributed by atoms with E-state index in [1.165, 1.54) is 0 Å². The maximum absolute atomic E-state index is 13.5. The van der Waals surface area contributed by atoms with Gasteiger partial charge in [0.15, 0.2) is 0 Å². The van der Waals surface area contributed by atoms with E-state index in [-0.39, 0.29) is 24.2 Å². The predicted molar refractivity (Wildman–Crippen MR) is 63.6 cm³/mol. The molecule has 106 valence electrons. The summed E-state index contributed by atoms with van der Waals surface area (Å²) in [4.78, 5) is 10.6. The van der Waals surface area contributed by atoms with Crippen molar-refractivity contribution < 1.29 is 23.8 Å². The lowest BCUT2D eigenvalue weighted by atomic mass is 9.65. The first-order chi connectivity index (χ1) is 8.07. The van der Waals surface area contributed by atoms with E-state index >= 15 is 0 Å². The average molecular weight is 264 g/mol. The van der Waals surface area contributed by atoms with Gasteiger partial charge >= 0.3 is 11.9 Å². The Morgan fingerprint density at radius 2 is 1.78 bits per heavy atom. The molecule has 0 bridgehead atoms. The number of halogens is 2. The second-order valence-corrected chi connectivity index (χ2v) is 6.03. The lowest BCUT2D eigenvalue weighted by Crippen LogP contribution is -2.55. The molecule has 1 saturated carbocycles. The van der Waals surface area contributed by atoms with Gasteiger partial charge in [-0.3, -0.25) is 0 Å². The third-order valence-electron chi connectivity index (χ3n) is 4.68. The zero-order valence-corrected chi connectivity index (χ0v) is 11.2. The van der Waals surface area contributed by atoms with Crippen molar-refractivity contribution >= 4 is 5.97 Å². The van der Waals surface area contributed by atoms with Crippen LogP contribution in [0.1, 0.15) is 52.9 Å². The first kappa shape index (κ1) is 15.3. The highest BCUT2D eigenvalue weighted by Gasteiger charge is 2.59. The molecule has 0 aliphatic heterocycles. The third-order valence-corrected chi connectivity index (χ3v) is 4.68. The van der Waals surface area contributed by atoms with Crippen LogP contribution < -0.4 is 0 Å². The van der Waals surface area contributed by atoms with Gasteiger partial charge in [0.1, 0.15) is 5.60 Å². The van der Waals surface area contributed by atoms with Crippen LogP contribution in [0.4, 0.5) is 8.78 Å². The van der Waals surface area contributed by atoms with Crippen LogP contribution in [-0.2, 0) is 4.79 Å². The van der Waals surface area contributed by atoms with Crippen LogP contribution in [0, 0.1) is 11.3 Å². The molecule has 1 fully saturated rings. The van der Waals surface area contributed by atoms with E-state index in [0.717, 1.165) is 6.42 Å². The van der Waals surface area contributed by atoms with Gasteiger partial charge in [0.05, 0.1) is 0 Å². The quantitative estimate of drug-likeness (QED) is 0.820. The number of carboxylic acids is 1. The van der Waals surface area contributed by atoms with Gasteiger partial charge < -0.3 is 10.2 Å². The molecule has 1 rings (SSSR count). The summed E-state index contributed by atoms with van der Waals surface area (Å²) in [6, 6.07) is 0. The van der Waals surface area contributed by atoms with Crippen LogP contribution in [0.3, 0.4) is 0 Å². The van der Waals surface area contributed by atoms with E-state index in [1.807, 2.05) is 6.92 Å². The smallest absolute Gasteiger partial charge is 0.377 e. The summed E-state index contributed by atoms with van der Waals surface area (Å²) in [5.41, 5.74) is -2.35. The molecule has 0 saturated heterocycles. The number of hydrogen-bond donors (Lipinski definition) is 2. The van der Waals surface area contributed by atoms with Gasteiger partial charge in [-0.2, -0.15) is 8.78 Å². The Bertz CT molecular complexity index is 318. The molecule has 0 aromatic carbocycles. The molecule has 0 radical (unpaired) electrons. The van der Waals surface area contributed by atoms with Crippen LogP contribution in [0.5, 0.6) is 0 Å². The molecular weight excluding hydrogens is 242 g/mol. The Balaban J connectivity index is 2.77. The highest BCUT2D eigenvalue weighted by atomic mass is 19.3.